The lowest BCUT2D eigenvalue weighted by molar-refractivity contribution is -0.124. The summed E-state index contributed by atoms with van der Waals surface area (Å²) in [5, 5.41) is 3.37. The molecule has 5 heteroatoms. The monoisotopic (exact) mass is 260 g/mol. The Labute approximate surface area is 109 Å². The van der Waals surface area contributed by atoms with Crippen molar-refractivity contribution < 1.29 is 13.9 Å². The molecular formula is C14H13FN2O2. The zero-order valence-corrected chi connectivity index (χ0v) is 10.2. The summed E-state index contributed by atoms with van der Waals surface area (Å²) < 4.78 is 18.6. The molecule has 1 fully saturated rings. The van der Waals surface area contributed by atoms with E-state index in [2.05, 4.69) is 10.3 Å². The fraction of sp³-hybridized carbons (Fsp3) is 0.286. The van der Waals surface area contributed by atoms with Crippen LogP contribution in [-0.4, -0.2) is 23.6 Å². The number of fused-ring (bicyclic) bond motifs is 1. The molecule has 19 heavy (non-hydrogen) atoms. The van der Waals surface area contributed by atoms with Gasteiger partial charge in [-0.2, -0.15) is 0 Å². The van der Waals surface area contributed by atoms with Gasteiger partial charge in [-0.05, 0) is 37.1 Å². The summed E-state index contributed by atoms with van der Waals surface area (Å²) in [6.07, 6.45) is 2.80. The molecule has 1 N–H and O–H groups in total. The van der Waals surface area contributed by atoms with Crippen LogP contribution in [0.25, 0.3) is 10.9 Å². The Balaban J connectivity index is 1.91. The maximum absolute atomic E-state index is 13.3. The third-order valence-corrected chi connectivity index (χ3v) is 3.18. The van der Waals surface area contributed by atoms with E-state index in [9.17, 15) is 9.18 Å². The second kappa shape index (κ2) is 4.93. The summed E-state index contributed by atoms with van der Waals surface area (Å²) in [7, 11) is 0. The van der Waals surface area contributed by atoms with E-state index in [4.69, 9.17) is 4.74 Å². The number of rotatable bonds is 2. The highest BCUT2D eigenvalue weighted by Crippen LogP contribution is 2.23. The average molecular weight is 260 g/mol. The molecule has 1 aromatic carbocycles. The first-order valence-electron chi connectivity index (χ1n) is 6.21. The molecule has 1 aromatic heterocycles. The average Bonchev–Trinajstić information content (AvgIpc) is 2.93. The number of aromatic nitrogens is 1. The van der Waals surface area contributed by atoms with Crippen LogP contribution >= 0.6 is 0 Å². The Bertz CT molecular complexity index is 624. The lowest BCUT2D eigenvalue weighted by Crippen LogP contribution is -2.26. The number of carbonyl (C=O) groups excluding carboxylic acids is 1. The Morgan fingerprint density at radius 2 is 2.32 bits per heavy atom. The third kappa shape index (κ3) is 2.42. The predicted molar refractivity (Wildman–Crippen MR) is 69.3 cm³/mol. The van der Waals surface area contributed by atoms with Gasteiger partial charge in [0.15, 0.2) is 0 Å². The molecule has 4 nitrogen and oxygen atoms in total. The van der Waals surface area contributed by atoms with Gasteiger partial charge in [0, 0.05) is 18.2 Å². The Kier molecular flexibility index (Phi) is 3.13. The smallest absolute Gasteiger partial charge is 0.253 e. The molecule has 1 atom stereocenters. The van der Waals surface area contributed by atoms with Crippen molar-refractivity contribution in [3.05, 3.63) is 36.3 Å². The maximum atomic E-state index is 13.3. The molecule has 1 unspecified atom stereocenters. The minimum atomic E-state index is -0.406. The van der Waals surface area contributed by atoms with Crippen LogP contribution in [0.1, 0.15) is 12.8 Å². The lowest BCUT2D eigenvalue weighted by atomic mass is 10.1. The van der Waals surface area contributed by atoms with Crippen molar-refractivity contribution in [1.29, 1.82) is 0 Å². The van der Waals surface area contributed by atoms with Crippen LogP contribution in [0.3, 0.4) is 0 Å². The van der Waals surface area contributed by atoms with E-state index in [1.165, 1.54) is 12.1 Å². The van der Waals surface area contributed by atoms with Gasteiger partial charge < -0.3 is 10.1 Å². The van der Waals surface area contributed by atoms with Gasteiger partial charge in [0.1, 0.15) is 11.9 Å². The molecule has 1 saturated heterocycles. The van der Waals surface area contributed by atoms with Gasteiger partial charge in [0.2, 0.25) is 0 Å². The molecule has 1 aliphatic heterocycles. The standard InChI is InChI=1S/C14H13FN2O2/c15-9-3-4-11-10(8-9)12(5-6-16-11)17-14(18)13-2-1-7-19-13/h3-6,8,13H,1-2,7H2,(H,16,17,18). The van der Waals surface area contributed by atoms with E-state index in [-0.39, 0.29) is 11.7 Å². The van der Waals surface area contributed by atoms with Crippen molar-refractivity contribution >= 4 is 22.5 Å². The molecule has 0 saturated carbocycles. The van der Waals surface area contributed by atoms with Crippen LogP contribution in [0.4, 0.5) is 10.1 Å². The molecule has 2 heterocycles. The van der Waals surface area contributed by atoms with Crippen molar-refractivity contribution in [3.63, 3.8) is 0 Å². The summed E-state index contributed by atoms with van der Waals surface area (Å²) in [6, 6.07) is 5.97. The van der Waals surface area contributed by atoms with Crippen molar-refractivity contribution in [3.8, 4) is 0 Å². The summed E-state index contributed by atoms with van der Waals surface area (Å²) in [6.45, 7) is 0.615. The minimum absolute atomic E-state index is 0.186. The predicted octanol–water partition coefficient (Wildman–Crippen LogP) is 2.49. The van der Waals surface area contributed by atoms with Crippen LogP contribution in [0.5, 0.6) is 0 Å². The van der Waals surface area contributed by atoms with Gasteiger partial charge >= 0.3 is 0 Å². The molecule has 3 rings (SSSR count). The van der Waals surface area contributed by atoms with Gasteiger partial charge in [-0.3, -0.25) is 9.78 Å². The van der Waals surface area contributed by atoms with Crippen molar-refractivity contribution in [2.45, 2.75) is 18.9 Å². The van der Waals surface area contributed by atoms with Crippen LogP contribution in [0, 0.1) is 5.82 Å². The molecule has 98 valence electrons. The number of amides is 1. The first-order valence-corrected chi connectivity index (χ1v) is 6.21. The van der Waals surface area contributed by atoms with E-state index in [0.29, 0.717) is 23.2 Å². The second-order valence-electron chi connectivity index (χ2n) is 4.51. The van der Waals surface area contributed by atoms with Crippen molar-refractivity contribution in [1.82, 2.24) is 4.98 Å². The molecular weight excluding hydrogens is 247 g/mol. The number of ether oxygens (including phenoxy) is 1. The van der Waals surface area contributed by atoms with Gasteiger partial charge in [0.25, 0.3) is 5.91 Å². The molecule has 1 aliphatic rings. The molecule has 0 aliphatic carbocycles. The number of hydrogen-bond donors (Lipinski definition) is 1. The largest absolute Gasteiger partial charge is 0.368 e. The second-order valence-corrected chi connectivity index (χ2v) is 4.51. The lowest BCUT2D eigenvalue weighted by Gasteiger charge is -2.12. The normalized spacial score (nSPS) is 18.7. The summed E-state index contributed by atoms with van der Waals surface area (Å²) in [4.78, 5) is 16.1. The van der Waals surface area contributed by atoms with Crippen molar-refractivity contribution in [2.75, 3.05) is 11.9 Å². The van der Waals surface area contributed by atoms with Gasteiger partial charge in [-0.15, -0.1) is 0 Å². The first kappa shape index (κ1) is 12.0. The zero-order valence-electron chi connectivity index (χ0n) is 10.2. The number of anilines is 1. The summed E-state index contributed by atoms with van der Waals surface area (Å²) in [5.74, 6) is -0.539. The summed E-state index contributed by atoms with van der Waals surface area (Å²) >= 11 is 0. The highest BCUT2D eigenvalue weighted by atomic mass is 19.1. The van der Waals surface area contributed by atoms with Crippen LogP contribution in [0.15, 0.2) is 30.5 Å². The highest BCUT2D eigenvalue weighted by Gasteiger charge is 2.23. The van der Waals surface area contributed by atoms with E-state index in [1.54, 1.807) is 18.3 Å². The Morgan fingerprint density at radius 3 is 3.11 bits per heavy atom. The number of benzene rings is 1. The van der Waals surface area contributed by atoms with Gasteiger partial charge in [0.05, 0.1) is 11.2 Å². The van der Waals surface area contributed by atoms with E-state index >= 15 is 0 Å². The fourth-order valence-corrected chi connectivity index (χ4v) is 2.23. The van der Waals surface area contributed by atoms with Crippen LogP contribution in [-0.2, 0) is 9.53 Å². The Hall–Kier alpha value is -2.01. The maximum Gasteiger partial charge on any atom is 0.253 e. The molecule has 0 bridgehead atoms. The number of halogens is 1. The van der Waals surface area contributed by atoms with Gasteiger partial charge in [-0.25, -0.2) is 4.39 Å². The number of hydrogen-bond acceptors (Lipinski definition) is 3. The van der Waals surface area contributed by atoms with E-state index in [1.807, 2.05) is 0 Å². The number of carbonyl (C=O) groups is 1. The number of nitrogens with one attached hydrogen (secondary N) is 1. The van der Waals surface area contributed by atoms with Crippen LogP contribution in [0.2, 0.25) is 0 Å². The fourth-order valence-electron chi connectivity index (χ4n) is 2.23. The molecule has 0 spiro atoms. The van der Waals surface area contributed by atoms with Crippen molar-refractivity contribution in [2.24, 2.45) is 0 Å². The quantitative estimate of drug-likeness (QED) is 0.902. The number of pyridine rings is 1. The van der Waals surface area contributed by atoms with Gasteiger partial charge in [-0.1, -0.05) is 0 Å². The Morgan fingerprint density at radius 1 is 1.42 bits per heavy atom. The summed E-state index contributed by atoms with van der Waals surface area (Å²) in [5.41, 5.74) is 1.21. The number of nitrogens with zero attached hydrogens (tertiary/aromatic N) is 1. The minimum Gasteiger partial charge on any atom is -0.368 e. The zero-order chi connectivity index (χ0) is 13.2. The first-order chi connectivity index (χ1) is 9.24. The molecule has 1 amide bonds. The van der Waals surface area contributed by atoms with E-state index < -0.39 is 6.10 Å². The highest BCUT2D eigenvalue weighted by molar-refractivity contribution is 6.02. The molecule has 2 aromatic rings. The molecule has 0 radical (unpaired) electrons. The third-order valence-electron chi connectivity index (χ3n) is 3.18. The van der Waals surface area contributed by atoms with Crippen LogP contribution < -0.4 is 5.32 Å². The van der Waals surface area contributed by atoms with E-state index in [0.717, 1.165) is 12.8 Å². The SMILES string of the molecule is O=C(Nc1ccnc2ccc(F)cc12)C1CCCO1. The topological polar surface area (TPSA) is 51.2 Å².